The normalized spacial score (nSPS) is 22.8. The smallest absolute Gasteiger partial charge is 0.407 e. The van der Waals surface area contributed by atoms with Gasteiger partial charge in [-0.3, -0.25) is 0 Å². The number of carbonyl (C=O) groups excluding carboxylic acids is 2. The first kappa shape index (κ1) is 28.9. The Hall–Kier alpha value is -3.14. The molecule has 0 unspecified atom stereocenters. The summed E-state index contributed by atoms with van der Waals surface area (Å²) in [7, 11) is 0. The first-order valence-corrected chi connectivity index (χ1v) is 13.6. The highest BCUT2D eigenvalue weighted by molar-refractivity contribution is 5.68. The van der Waals surface area contributed by atoms with Gasteiger partial charge in [-0.15, -0.1) is 0 Å². The van der Waals surface area contributed by atoms with E-state index in [1.165, 1.54) is 0 Å². The zero-order valence-corrected chi connectivity index (χ0v) is 22.9. The van der Waals surface area contributed by atoms with Crippen LogP contribution in [0.15, 0.2) is 60.7 Å². The van der Waals surface area contributed by atoms with E-state index in [9.17, 15) is 14.7 Å². The molecule has 0 aromatic heterocycles. The Morgan fingerprint density at radius 1 is 0.949 bits per heavy atom. The van der Waals surface area contributed by atoms with E-state index in [4.69, 9.17) is 18.9 Å². The molecule has 0 spiro atoms. The topological polar surface area (TPSA) is 115 Å². The standard InChI is InChI=1S/C30H40N2O7/c1-30(2,3)39-29(35)31-22(16-20-10-6-4-7-11-20)18-25(33)24(17-21-12-8-5-9-13-21)32-28(34)38-26-19-37-27-23(26)14-15-36-27/h4-13,22-27,33H,14-19H2,1-3H3,(H,31,35)(H,32,34)/t22-,23-,24-,25-,26-,27+/m0/s1. The summed E-state index contributed by atoms with van der Waals surface area (Å²) >= 11 is 0. The summed E-state index contributed by atoms with van der Waals surface area (Å²) in [5.41, 5.74) is 1.30. The van der Waals surface area contributed by atoms with Crippen molar-refractivity contribution < 1.29 is 33.6 Å². The van der Waals surface area contributed by atoms with Crippen LogP contribution >= 0.6 is 0 Å². The second-order valence-corrected chi connectivity index (χ2v) is 11.2. The van der Waals surface area contributed by atoms with E-state index < -0.39 is 42.1 Å². The van der Waals surface area contributed by atoms with Gasteiger partial charge in [0.05, 0.1) is 31.3 Å². The van der Waals surface area contributed by atoms with Gasteiger partial charge in [0.15, 0.2) is 6.29 Å². The highest BCUT2D eigenvalue weighted by Gasteiger charge is 2.44. The minimum absolute atomic E-state index is 0.0153. The molecule has 2 aromatic carbocycles. The van der Waals surface area contributed by atoms with Gasteiger partial charge in [0, 0.05) is 6.04 Å². The minimum Gasteiger partial charge on any atom is -0.444 e. The van der Waals surface area contributed by atoms with Gasteiger partial charge in [0.1, 0.15) is 11.7 Å². The third kappa shape index (κ3) is 8.95. The molecule has 3 N–H and O–H groups in total. The molecule has 0 saturated carbocycles. The van der Waals surface area contributed by atoms with Crippen LogP contribution in [0.25, 0.3) is 0 Å². The number of benzene rings is 2. The van der Waals surface area contributed by atoms with E-state index in [2.05, 4.69) is 10.6 Å². The molecular formula is C30H40N2O7. The van der Waals surface area contributed by atoms with Crippen molar-refractivity contribution in [3.8, 4) is 0 Å². The summed E-state index contributed by atoms with van der Waals surface area (Å²) in [4.78, 5) is 25.6. The Morgan fingerprint density at radius 2 is 1.59 bits per heavy atom. The van der Waals surface area contributed by atoms with E-state index >= 15 is 0 Å². The molecule has 2 aromatic rings. The molecule has 2 amide bonds. The molecule has 4 rings (SSSR count). The van der Waals surface area contributed by atoms with Gasteiger partial charge in [-0.1, -0.05) is 60.7 Å². The first-order chi connectivity index (χ1) is 18.7. The summed E-state index contributed by atoms with van der Waals surface area (Å²) in [6.45, 7) is 6.27. The van der Waals surface area contributed by atoms with Crippen LogP contribution in [-0.2, 0) is 31.8 Å². The zero-order valence-electron chi connectivity index (χ0n) is 22.9. The molecule has 2 aliphatic rings. The maximum Gasteiger partial charge on any atom is 0.407 e. The lowest BCUT2D eigenvalue weighted by molar-refractivity contribution is -0.0907. The molecule has 0 bridgehead atoms. The Bertz CT molecular complexity index is 1060. The van der Waals surface area contributed by atoms with E-state index in [-0.39, 0.29) is 25.2 Å². The third-order valence-electron chi connectivity index (χ3n) is 6.88. The number of nitrogens with one attached hydrogen (secondary N) is 2. The maximum absolute atomic E-state index is 13.0. The first-order valence-electron chi connectivity index (χ1n) is 13.6. The molecule has 0 aliphatic carbocycles. The summed E-state index contributed by atoms with van der Waals surface area (Å²) in [5.74, 6) is 0.0153. The average Bonchev–Trinajstić information content (AvgIpc) is 3.49. The van der Waals surface area contributed by atoms with Gasteiger partial charge in [-0.2, -0.15) is 0 Å². The molecule has 2 saturated heterocycles. The lowest BCUT2D eigenvalue weighted by Gasteiger charge is -2.29. The largest absolute Gasteiger partial charge is 0.444 e. The number of carbonyl (C=O) groups is 2. The number of ether oxygens (including phenoxy) is 4. The predicted octanol–water partition coefficient (Wildman–Crippen LogP) is 3.97. The fourth-order valence-corrected chi connectivity index (χ4v) is 5.04. The summed E-state index contributed by atoms with van der Waals surface area (Å²) < 4.78 is 22.3. The van der Waals surface area contributed by atoms with E-state index in [0.29, 0.717) is 19.4 Å². The minimum atomic E-state index is -0.983. The van der Waals surface area contributed by atoms with Gasteiger partial charge in [0.2, 0.25) is 0 Å². The Balaban J connectivity index is 1.45. The van der Waals surface area contributed by atoms with Crippen molar-refractivity contribution in [2.45, 2.75) is 82.6 Å². The van der Waals surface area contributed by atoms with Crippen LogP contribution in [0.1, 0.15) is 44.7 Å². The van der Waals surface area contributed by atoms with Crippen LogP contribution in [0.2, 0.25) is 0 Å². The Kier molecular flexibility index (Phi) is 9.83. The maximum atomic E-state index is 13.0. The summed E-state index contributed by atoms with van der Waals surface area (Å²) in [6.07, 6.45) is -1.04. The number of alkyl carbamates (subject to hydrolysis) is 2. The van der Waals surface area contributed by atoms with E-state index in [0.717, 1.165) is 17.5 Å². The number of fused-ring (bicyclic) bond motifs is 1. The van der Waals surface area contributed by atoms with Crippen molar-refractivity contribution in [1.82, 2.24) is 10.6 Å². The van der Waals surface area contributed by atoms with Crippen molar-refractivity contribution in [3.63, 3.8) is 0 Å². The number of aliphatic hydroxyl groups excluding tert-OH is 1. The molecule has 212 valence electrons. The van der Waals surface area contributed by atoms with Gasteiger partial charge >= 0.3 is 12.2 Å². The zero-order chi connectivity index (χ0) is 27.8. The SMILES string of the molecule is CC(C)(C)OC(=O)N[C@@H](Cc1ccccc1)C[C@H](O)[C@H](Cc1ccccc1)NC(=O)O[C@H]1CO[C@H]2OCC[C@H]21. The molecule has 9 nitrogen and oxygen atoms in total. The molecule has 9 heteroatoms. The predicted molar refractivity (Wildman–Crippen MR) is 145 cm³/mol. The fraction of sp³-hybridized carbons (Fsp3) is 0.533. The summed E-state index contributed by atoms with van der Waals surface area (Å²) in [5, 5.41) is 17.2. The number of amides is 2. The second-order valence-electron chi connectivity index (χ2n) is 11.2. The molecule has 2 fully saturated rings. The van der Waals surface area contributed by atoms with Crippen molar-refractivity contribution in [1.29, 1.82) is 0 Å². The fourth-order valence-electron chi connectivity index (χ4n) is 5.04. The van der Waals surface area contributed by atoms with Crippen LogP contribution < -0.4 is 10.6 Å². The van der Waals surface area contributed by atoms with Crippen molar-refractivity contribution in [2.24, 2.45) is 5.92 Å². The van der Waals surface area contributed by atoms with E-state index in [1.807, 2.05) is 60.7 Å². The molecule has 39 heavy (non-hydrogen) atoms. The number of hydrogen-bond acceptors (Lipinski definition) is 7. The highest BCUT2D eigenvalue weighted by atomic mass is 16.7. The van der Waals surface area contributed by atoms with Crippen LogP contribution in [-0.4, -0.2) is 66.7 Å². The Labute approximate surface area is 230 Å². The average molecular weight is 541 g/mol. The van der Waals surface area contributed by atoms with Crippen LogP contribution in [0.4, 0.5) is 9.59 Å². The molecular weight excluding hydrogens is 500 g/mol. The van der Waals surface area contributed by atoms with Crippen LogP contribution in [0.5, 0.6) is 0 Å². The van der Waals surface area contributed by atoms with Crippen molar-refractivity contribution in [2.75, 3.05) is 13.2 Å². The van der Waals surface area contributed by atoms with Crippen LogP contribution in [0, 0.1) is 5.92 Å². The quantitative estimate of drug-likeness (QED) is 0.418. The van der Waals surface area contributed by atoms with Crippen molar-refractivity contribution in [3.05, 3.63) is 71.8 Å². The molecule has 2 aliphatic heterocycles. The van der Waals surface area contributed by atoms with Gasteiger partial charge in [-0.25, -0.2) is 9.59 Å². The Morgan fingerprint density at radius 3 is 2.23 bits per heavy atom. The third-order valence-corrected chi connectivity index (χ3v) is 6.88. The molecule has 2 heterocycles. The van der Waals surface area contributed by atoms with Gasteiger partial charge in [0.25, 0.3) is 0 Å². The summed E-state index contributed by atoms with van der Waals surface area (Å²) in [6, 6.07) is 18.3. The number of rotatable bonds is 10. The second kappa shape index (κ2) is 13.3. The highest BCUT2D eigenvalue weighted by Crippen LogP contribution is 2.33. The molecule has 6 atom stereocenters. The lowest BCUT2D eigenvalue weighted by Crippen LogP contribution is -2.50. The van der Waals surface area contributed by atoms with Crippen LogP contribution in [0.3, 0.4) is 0 Å². The van der Waals surface area contributed by atoms with E-state index in [1.54, 1.807) is 20.8 Å². The van der Waals surface area contributed by atoms with Gasteiger partial charge in [-0.05, 0) is 57.6 Å². The van der Waals surface area contributed by atoms with Gasteiger partial charge < -0.3 is 34.7 Å². The van der Waals surface area contributed by atoms with Crippen molar-refractivity contribution >= 4 is 12.2 Å². The number of hydrogen-bond donors (Lipinski definition) is 3. The number of aliphatic hydroxyl groups is 1. The molecule has 0 radical (unpaired) electrons. The monoisotopic (exact) mass is 540 g/mol. The lowest BCUT2D eigenvalue weighted by atomic mass is 9.94.